The molecule has 186 valence electrons. The van der Waals surface area contributed by atoms with Gasteiger partial charge < -0.3 is 10.4 Å². The van der Waals surface area contributed by atoms with Crippen molar-refractivity contribution in [2.75, 3.05) is 11.9 Å². The van der Waals surface area contributed by atoms with Gasteiger partial charge in [0.25, 0.3) is 11.8 Å². The van der Waals surface area contributed by atoms with Crippen LogP contribution in [-0.4, -0.2) is 44.0 Å². The molecular weight excluding hydrogens is 484 g/mol. The first-order chi connectivity index (χ1) is 16.2. The highest BCUT2D eigenvalue weighted by atomic mass is 19.4. The van der Waals surface area contributed by atoms with Crippen LogP contribution < -0.4 is 10.7 Å². The lowest BCUT2D eigenvalue weighted by molar-refractivity contribution is -0.141. The van der Waals surface area contributed by atoms with Crippen LogP contribution >= 0.6 is 0 Å². The molecule has 1 aromatic heterocycles. The summed E-state index contributed by atoms with van der Waals surface area (Å²) in [6.45, 7) is 2.03. The number of aliphatic hydroxyl groups is 1. The lowest BCUT2D eigenvalue weighted by Crippen LogP contribution is -2.58. The number of hydrazine groups is 1. The van der Waals surface area contributed by atoms with E-state index in [1.54, 1.807) is 6.92 Å². The Bertz CT molecular complexity index is 1240. The van der Waals surface area contributed by atoms with Crippen LogP contribution in [-0.2, 0) is 21.9 Å². The summed E-state index contributed by atoms with van der Waals surface area (Å²) >= 11 is 0. The minimum absolute atomic E-state index is 0.359. The van der Waals surface area contributed by atoms with Gasteiger partial charge in [-0.05, 0) is 44.0 Å². The first-order valence-electron chi connectivity index (χ1n) is 10.2. The quantitative estimate of drug-likeness (QED) is 0.436. The summed E-state index contributed by atoms with van der Waals surface area (Å²) in [7, 11) is 0. The van der Waals surface area contributed by atoms with E-state index >= 15 is 0 Å². The molecule has 3 heterocycles. The summed E-state index contributed by atoms with van der Waals surface area (Å²) in [5.74, 6) is -2.61. The van der Waals surface area contributed by atoms with Crippen LogP contribution in [0.4, 0.5) is 32.0 Å². The number of rotatable bonds is 3. The zero-order valence-electron chi connectivity index (χ0n) is 17.9. The molecule has 0 spiro atoms. The van der Waals surface area contributed by atoms with Gasteiger partial charge in [0, 0.05) is 12.1 Å². The second-order valence-electron chi connectivity index (χ2n) is 8.19. The number of halogens is 6. The number of aromatic nitrogens is 2. The van der Waals surface area contributed by atoms with Gasteiger partial charge in [0.15, 0.2) is 0 Å². The average Bonchev–Trinajstić information content (AvgIpc) is 3.14. The number of alkyl halides is 6. The summed E-state index contributed by atoms with van der Waals surface area (Å²) in [4.78, 5) is 32.2. The summed E-state index contributed by atoms with van der Waals surface area (Å²) in [6.07, 6.45) is -8.18. The molecule has 35 heavy (non-hydrogen) atoms. The van der Waals surface area contributed by atoms with E-state index in [2.05, 4.69) is 20.7 Å². The number of hydrogen-bond donors (Lipinski definition) is 3. The maximum Gasteiger partial charge on any atom is 0.433 e. The predicted molar refractivity (Wildman–Crippen MR) is 108 cm³/mol. The minimum Gasteiger partial charge on any atom is -0.509 e. The van der Waals surface area contributed by atoms with Crippen molar-refractivity contribution in [1.29, 1.82) is 0 Å². The van der Waals surface area contributed by atoms with Crippen molar-refractivity contribution in [2.45, 2.75) is 37.7 Å². The highest BCUT2D eigenvalue weighted by molar-refractivity contribution is 6.24. The van der Waals surface area contributed by atoms with Gasteiger partial charge in [-0.2, -0.15) is 26.3 Å². The minimum atomic E-state index is -4.90. The first kappa shape index (κ1) is 24.4. The molecule has 4 rings (SSSR count). The van der Waals surface area contributed by atoms with Gasteiger partial charge in [-0.25, -0.2) is 15.0 Å². The molecule has 2 aliphatic rings. The van der Waals surface area contributed by atoms with Gasteiger partial charge in [0.1, 0.15) is 23.4 Å². The van der Waals surface area contributed by atoms with E-state index in [1.165, 1.54) is 5.01 Å². The highest BCUT2D eigenvalue weighted by Gasteiger charge is 2.49. The molecule has 3 N–H and O–H groups in total. The second-order valence-corrected chi connectivity index (χ2v) is 8.19. The number of benzene rings is 1. The van der Waals surface area contributed by atoms with E-state index in [0.717, 1.165) is 6.07 Å². The number of aliphatic hydroxyl groups excluding tert-OH is 1. The zero-order chi connectivity index (χ0) is 25.8. The SMILES string of the molecule is CC12CCCN1NC(=O)C(C(=O)Nc1ccc(C(F)(F)F)cc1-c1cc(C(F)(F)F)ncn1)=C2O. The fourth-order valence-corrected chi connectivity index (χ4v) is 4.04. The average molecular weight is 501 g/mol. The van der Waals surface area contributed by atoms with Crippen LogP contribution in [0.2, 0.25) is 0 Å². The van der Waals surface area contributed by atoms with Crippen molar-refractivity contribution in [3.8, 4) is 11.3 Å². The fourth-order valence-electron chi connectivity index (χ4n) is 4.04. The molecular formula is C21H17F6N5O3. The molecule has 2 aliphatic heterocycles. The van der Waals surface area contributed by atoms with Crippen molar-refractivity contribution in [2.24, 2.45) is 0 Å². The number of fused-ring (bicyclic) bond motifs is 1. The van der Waals surface area contributed by atoms with Crippen LogP contribution in [0, 0.1) is 0 Å². The molecule has 8 nitrogen and oxygen atoms in total. The Balaban J connectivity index is 1.78. The van der Waals surface area contributed by atoms with Crippen LogP contribution in [0.15, 0.2) is 41.9 Å². The Morgan fingerprint density at radius 2 is 1.86 bits per heavy atom. The number of amides is 2. The smallest absolute Gasteiger partial charge is 0.433 e. The van der Waals surface area contributed by atoms with Gasteiger partial charge in [-0.1, -0.05) is 0 Å². The van der Waals surface area contributed by atoms with Gasteiger partial charge in [0.05, 0.1) is 22.5 Å². The van der Waals surface area contributed by atoms with Crippen LogP contribution in [0.5, 0.6) is 0 Å². The van der Waals surface area contributed by atoms with Crippen LogP contribution in [0.3, 0.4) is 0 Å². The zero-order valence-corrected chi connectivity index (χ0v) is 17.9. The van der Waals surface area contributed by atoms with Crippen molar-refractivity contribution in [1.82, 2.24) is 20.4 Å². The molecule has 0 bridgehead atoms. The van der Waals surface area contributed by atoms with Gasteiger partial charge in [0.2, 0.25) is 0 Å². The molecule has 1 atom stereocenters. The maximum absolute atomic E-state index is 13.3. The number of nitrogens with zero attached hydrogens (tertiary/aromatic N) is 3. The molecule has 1 aromatic carbocycles. The van der Waals surface area contributed by atoms with E-state index in [9.17, 15) is 41.0 Å². The summed E-state index contributed by atoms with van der Waals surface area (Å²) in [5.41, 5.74) is -3.24. The predicted octanol–water partition coefficient (Wildman–Crippen LogP) is 3.83. The van der Waals surface area contributed by atoms with Crippen LogP contribution in [0.25, 0.3) is 11.3 Å². The lowest BCUT2D eigenvalue weighted by atomic mass is 9.91. The Hall–Kier alpha value is -3.68. The fraction of sp³-hybridized carbons (Fsp3) is 0.333. The maximum atomic E-state index is 13.3. The van der Waals surface area contributed by atoms with Crippen molar-refractivity contribution in [3.05, 3.63) is 53.2 Å². The molecule has 1 saturated heterocycles. The molecule has 1 fully saturated rings. The van der Waals surface area contributed by atoms with Crippen molar-refractivity contribution in [3.63, 3.8) is 0 Å². The third kappa shape index (κ3) is 4.40. The summed E-state index contributed by atoms with van der Waals surface area (Å²) < 4.78 is 79.3. The van der Waals surface area contributed by atoms with Gasteiger partial charge in [-0.15, -0.1) is 0 Å². The molecule has 14 heteroatoms. The highest BCUT2D eigenvalue weighted by Crippen LogP contribution is 2.39. The number of carbonyl (C=O) groups is 2. The normalized spacial score (nSPS) is 21.1. The van der Waals surface area contributed by atoms with E-state index in [4.69, 9.17) is 0 Å². The van der Waals surface area contributed by atoms with Gasteiger partial charge >= 0.3 is 12.4 Å². The lowest BCUT2D eigenvalue weighted by Gasteiger charge is -2.39. The Morgan fingerprint density at radius 3 is 2.51 bits per heavy atom. The number of anilines is 1. The summed E-state index contributed by atoms with van der Waals surface area (Å²) in [6, 6.07) is 2.40. The largest absolute Gasteiger partial charge is 0.509 e. The number of hydrogen-bond acceptors (Lipinski definition) is 6. The van der Waals surface area contributed by atoms with Crippen molar-refractivity contribution < 1.29 is 41.0 Å². The molecule has 0 saturated carbocycles. The number of carbonyl (C=O) groups excluding carboxylic acids is 2. The molecule has 2 amide bonds. The molecule has 0 aliphatic carbocycles. The molecule has 0 radical (unpaired) electrons. The van der Waals surface area contributed by atoms with Crippen molar-refractivity contribution >= 4 is 17.5 Å². The Labute approximate surface area is 193 Å². The van der Waals surface area contributed by atoms with E-state index < -0.39 is 63.6 Å². The van der Waals surface area contributed by atoms with E-state index in [1.807, 2.05) is 0 Å². The third-order valence-corrected chi connectivity index (χ3v) is 5.91. The summed E-state index contributed by atoms with van der Waals surface area (Å²) in [5, 5.41) is 14.4. The monoisotopic (exact) mass is 501 g/mol. The first-order valence-corrected chi connectivity index (χ1v) is 10.2. The van der Waals surface area contributed by atoms with Crippen LogP contribution in [0.1, 0.15) is 31.0 Å². The third-order valence-electron chi connectivity index (χ3n) is 5.91. The Kier molecular flexibility index (Phi) is 5.74. The standard InChI is InChI=1S/C21H17F6N5O3/c1-19-5-2-6-32(19)31-18(35)15(16(19)33)17(34)30-12-4-3-10(20(22,23)24)7-11(12)13-8-14(21(25,26)27)29-9-28-13/h3-4,7-9,33H,2,5-6H2,1H3,(H,30,34)(H,31,35). The second kappa shape index (κ2) is 8.22. The molecule has 1 unspecified atom stereocenters. The Morgan fingerprint density at radius 1 is 1.14 bits per heavy atom. The number of nitrogens with one attached hydrogen (secondary N) is 2. The van der Waals surface area contributed by atoms with E-state index in [0.29, 0.717) is 43.9 Å². The van der Waals surface area contributed by atoms with E-state index in [-0.39, 0.29) is 5.69 Å². The van der Waals surface area contributed by atoms with Gasteiger partial charge in [-0.3, -0.25) is 15.0 Å². The molecule has 2 aromatic rings. The topological polar surface area (TPSA) is 107 Å².